The van der Waals surface area contributed by atoms with E-state index in [-0.39, 0.29) is 21.2 Å². The van der Waals surface area contributed by atoms with Crippen molar-refractivity contribution in [3.63, 3.8) is 0 Å². The van der Waals surface area contributed by atoms with Crippen LogP contribution in [0.2, 0.25) is 0 Å². The van der Waals surface area contributed by atoms with Crippen LogP contribution in [0.1, 0.15) is 23.0 Å². The second-order valence-electron chi connectivity index (χ2n) is 3.18. The van der Waals surface area contributed by atoms with Crippen molar-refractivity contribution in [2.24, 2.45) is 0 Å². The molecule has 0 N–H and O–H groups in total. The molecular formula is C10H8BrF3INO3. The number of alkyl halides is 4. The molecule has 0 bridgehead atoms. The van der Waals surface area contributed by atoms with Crippen molar-refractivity contribution in [1.82, 2.24) is 4.98 Å². The monoisotopic (exact) mass is 453 g/mol. The predicted octanol–water partition coefficient (Wildman–Crippen LogP) is 3.66. The smallest absolute Gasteiger partial charge is 0.462 e. The van der Waals surface area contributed by atoms with Crippen molar-refractivity contribution >= 4 is 44.5 Å². The zero-order valence-corrected chi connectivity index (χ0v) is 13.3. The Labute approximate surface area is 128 Å². The van der Waals surface area contributed by atoms with Crippen molar-refractivity contribution in [2.75, 3.05) is 6.61 Å². The third-order valence-electron chi connectivity index (χ3n) is 1.83. The largest absolute Gasteiger partial charge is 0.573 e. The Morgan fingerprint density at radius 1 is 1.53 bits per heavy atom. The summed E-state index contributed by atoms with van der Waals surface area (Å²) >= 11 is 4.74. The number of nitrogens with zero attached hydrogens (tertiary/aromatic N) is 1. The Morgan fingerprint density at radius 3 is 2.63 bits per heavy atom. The van der Waals surface area contributed by atoms with Gasteiger partial charge in [0.2, 0.25) is 0 Å². The quantitative estimate of drug-likeness (QED) is 0.302. The van der Waals surface area contributed by atoms with Crippen molar-refractivity contribution in [3.8, 4) is 5.75 Å². The van der Waals surface area contributed by atoms with Crippen LogP contribution in [0.4, 0.5) is 13.2 Å². The van der Waals surface area contributed by atoms with Gasteiger partial charge in [0, 0.05) is 11.4 Å². The van der Waals surface area contributed by atoms with E-state index in [1.165, 1.54) is 0 Å². The first-order valence-corrected chi connectivity index (χ1v) is 7.16. The first kappa shape index (κ1) is 16.5. The predicted molar refractivity (Wildman–Crippen MR) is 72.2 cm³/mol. The minimum atomic E-state index is -4.89. The van der Waals surface area contributed by atoms with Gasteiger partial charge in [-0.05, 0) is 29.5 Å². The number of hydrogen-bond donors (Lipinski definition) is 0. The van der Waals surface area contributed by atoms with Crippen LogP contribution in [0.25, 0.3) is 0 Å². The van der Waals surface area contributed by atoms with E-state index in [0.29, 0.717) is 5.69 Å². The second kappa shape index (κ2) is 6.73. The molecule has 1 aromatic heterocycles. The maximum atomic E-state index is 12.3. The Balaban J connectivity index is 3.29. The summed E-state index contributed by atoms with van der Waals surface area (Å²) in [5.41, 5.74) is -0.0128. The van der Waals surface area contributed by atoms with E-state index < -0.39 is 18.1 Å². The highest BCUT2D eigenvalue weighted by Gasteiger charge is 2.34. The summed E-state index contributed by atoms with van der Waals surface area (Å²) in [5, 5.41) is 0.236. The number of carbonyl (C=O) groups excluding carboxylic acids is 1. The third-order valence-corrected chi connectivity index (χ3v) is 3.19. The van der Waals surface area contributed by atoms with Gasteiger partial charge in [0.25, 0.3) is 0 Å². The molecule has 0 saturated heterocycles. The van der Waals surface area contributed by atoms with Crippen LogP contribution < -0.4 is 4.74 Å². The molecule has 0 amide bonds. The molecule has 106 valence electrons. The molecule has 4 nitrogen and oxygen atoms in total. The summed E-state index contributed by atoms with van der Waals surface area (Å²) in [6, 6.07) is 1.05. The number of aromatic nitrogens is 1. The number of halogens is 5. The number of hydrogen-bond acceptors (Lipinski definition) is 4. The van der Waals surface area contributed by atoms with Crippen LogP contribution in [0.5, 0.6) is 5.75 Å². The molecule has 0 saturated carbocycles. The molecule has 0 spiro atoms. The van der Waals surface area contributed by atoms with E-state index in [1.807, 2.05) is 0 Å². The third kappa shape index (κ3) is 4.79. The molecular weight excluding hydrogens is 446 g/mol. The molecule has 0 unspecified atom stereocenters. The van der Waals surface area contributed by atoms with Gasteiger partial charge in [-0.1, -0.05) is 15.9 Å². The van der Waals surface area contributed by atoms with Crippen LogP contribution >= 0.6 is 38.5 Å². The Morgan fingerprint density at radius 2 is 2.16 bits per heavy atom. The van der Waals surface area contributed by atoms with Crippen molar-refractivity contribution < 1.29 is 27.4 Å². The molecule has 9 heteroatoms. The zero-order valence-electron chi connectivity index (χ0n) is 9.55. The lowest BCUT2D eigenvalue weighted by molar-refractivity contribution is -0.274. The van der Waals surface area contributed by atoms with Crippen molar-refractivity contribution in [1.29, 1.82) is 0 Å². The van der Waals surface area contributed by atoms with Crippen molar-refractivity contribution in [3.05, 3.63) is 21.0 Å². The molecule has 1 heterocycles. The number of esters is 1. The van der Waals surface area contributed by atoms with Gasteiger partial charge in [0.15, 0.2) is 0 Å². The topological polar surface area (TPSA) is 48.4 Å². The van der Waals surface area contributed by atoms with E-state index in [9.17, 15) is 18.0 Å². The lowest BCUT2D eigenvalue weighted by atomic mass is 10.2. The second-order valence-corrected chi connectivity index (χ2v) is 4.76. The van der Waals surface area contributed by atoms with Gasteiger partial charge >= 0.3 is 12.3 Å². The van der Waals surface area contributed by atoms with E-state index >= 15 is 0 Å². The Bertz CT molecular complexity index is 482. The van der Waals surface area contributed by atoms with Gasteiger partial charge in [-0.3, -0.25) is 0 Å². The summed E-state index contributed by atoms with van der Waals surface area (Å²) in [6.07, 6.45) is -4.89. The first-order chi connectivity index (χ1) is 8.78. The molecule has 0 radical (unpaired) electrons. The van der Waals surface area contributed by atoms with E-state index in [4.69, 9.17) is 4.74 Å². The normalized spacial score (nSPS) is 11.3. The Hall–Kier alpha value is -0.580. The van der Waals surface area contributed by atoms with E-state index in [1.54, 1.807) is 29.5 Å². The van der Waals surface area contributed by atoms with Crippen LogP contribution in [0, 0.1) is 3.70 Å². The fraction of sp³-hybridized carbons (Fsp3) is 0.400. The molecule has 0 aliphatic rings. The van der Waals surface area contributed by atoms with E-state index in [0.717, 1.165) is 6.07 Å². The van der Waals surface area contributed by atoms with Gasteiger partial charge in [-0.2, -0.15) is 0 Å². The molecule has 19 heavy (non-hydrogen) atoms. The summed E-state index contributed by atoms with van der Waals surface area (Å²) in [6.45, 7) is 1.59. The number of ether oxygens (including phenoxy) is 2. The van der Waals surface area contributed by atoms with Crippen LogP contribution in [0.15, 0.2) is 6.07 Å². The first-order valence-electron chi connectivity index (χ1n) is 4.96. The highest BCUT2D eigenvalue weighted by atomic mass is 127. The standard InChI is InChI=1S/C10H8BrF3INO3/c1-2-18-9(17)7-6(19-10(12,13)14)3-5(4-11)16-8(7)15/h3H,2,4H2,1H3. The van der Waals surface area contributed by atoms with E-state index in [2.05, 4.69) is 25.7 Å². The molecule has 1 aromatic rings. The number of rotatable bonds is 4. The maximum Gasteiger partial charge on any atom is 0.573 e. The SMILES string of the molecule is CCOC(=O)c1c(OC(F)(F)F)cc(CBr)nc1I. The van der Waals surface area contributed by atoms with Crippen LogP contribution in [0.3, 0.4) is 0 Å². The summed E-state index contributed by atoms with van der Waals surface area (Å²) in [7, 11) is 0. The molecule has 1 rings (SSSR count). The number of carbonyl (C=O) groups is 1. The minimum absolute atomic E-state index is 0.0422. The summed E-state index contributed by atoms with van der Waals surface area (Å²) in [5.74, 6) is -1.51. The highest BCUT2D eigenvalue weighted by molar-refractivity contribution is 14.1. The summed E-state index contributed by atoms with van der Waals surface area (Å²) in [4.78, 5) is 15.6. The molecule has 0 aliphatic heterocycles. The molecule has 0 aromatic carbocycles. The fourth-order valence-electron chi connectivity index (χ4n) is 1.20. The van der Waals surface area contributed by atoms with Crippen LogP contribution in [-0.2, 0) is 10.1 Å². The Kier molecular flexibility index (Phi) is 5.83. The highest BCUT2D eigenvalue weighted by Crippen LogP contribution is 2.30. The number of pyridine rings is 1. The van der Waals surface area contributed by atoms with Gasteiger partial charge < -0.3 is 9.47 Å². The van der Waals surface area contributed by atoms with Gasteiger partial charge in [0.1, 0.15) is 15.0 Å². The zero-order chi connectivity index (χ0) is 14.6. The van der Waals surface area contributed by atoms with Gasteiger partial charge in [-0.25, -0.2) is 9.78 Å². The average molecular weight is 454 g/mol. The van der Waals surface area contributed by atoms with Crippen LogP contribution in [-0.4, -0.2) is 23.9 Å². The lowest BCUT2D eigenvalue weighted by Gasteiger charge is -2.14. The van der Waals surface area contributed by atoms with Gasteiger partial charge in [-0.15, -0.1) is 13.2 Å². The molecule has 0 aliphatic carbocycles. The fourth-order valence-corrected chi connectivity index (χ4v) is 2.28. The van der Waals surface area contributed by atoms with Crippen molar-refractivity contribution in [2.45, 2.75) is 18.6 Å². The minimum Gasteiger partial charge on any atom is -0.462 e. The average Bonchev–Trinajstić information content (AvgIpc) is 2.26. The summed E-state index contributed by atoms with van der Waals surface area (Å²) < 4.78 is 45.6. The van der Waals surface area contributed by atoms with Gasteiger partial charge in [0.05, 0.1) is 12.3 Å². The molecule has 0 atom stereocenters. The lowest BCUT2D eigenvalue weighted by Crippen LogP contribution is -2.21. The maximum absolute atomic E-state index is 12.3. The molecule has 0 fully saturated rings.